The zero-order valence-electron chi connectivity index (χ0n) is 24.5. The fraction of sp³-hybridized carbons (Fsp3) is 0.222. The molecule has 9 heteroatoms. The molecule has 4 aromatic rings. The fourth-order valence-electron chi connectivity index (χ4n) is 6.55. The van der Waals surface area contributed by atoms with E-state index < -0.39 is 29.8 Å². The van der Waals surface area contributed by atoms with Crippen molar-refractivity contribution >= 4 is 11.6 Å². The van der Waals surface area contributed by atoms with Crippen molar-refractivity contribution in [3.8, 4) is 40.2 Å². The van der Waals surface area contributed by atoms with Crippen LogP contribution in [0.25, 0.3) is 0 Å². The monoisotopic (exact) mass is 608 g/mol. The first-order valence-electron chi connectivity index (χ1n) is 14.5. The number of phenolic OH excluding ortho intramolecular Hbond substituents is 5. The third-order valence-electron chi connectivity index (χ3n) is 8.55. The van der Waals surface area contributed by atoms with Crippen molar-refractivity contribution in [3.63, 3.8) is 0 Å². The molecule has 0 radical (unpaired) electrons. The Morgan fingerprint density at radius 2 is 1.56 bits per heavy atom. The van der Waals surface area contributed by atoms with E-state index >= 15 is 0 Å². The van der Waals surface area contributed by atoms with Gasteiger partial charge >= 0.3 is 0 Å². The Kier molecular flexibility index (Phi) is 7.62. The summed E-state index contributed by atoms with van der Waals surface area (Å²) in [6.45, 7) is 3.45. The van der Waals surface area contributed by atoms with Crippen LogP contribution in [0.4, 0.5) is 0 Å². The zero-order chi connectivity index (χ0) is 32.0. The van der Waals surface area contributed by atoms with Crippen LogP contribution in [0.5, 0.6) is 40.2 Å². The molecule has 0 fully saturated rings. The van der Waals surface area contributed by atoms with Crippen LogP contribution >= 0.6 is 0 Å². The normalized spacial score (nSPS) is 22.6. The minimum atomic E-state index is -1.28. The lowest BCUT2D eigenvalue weighted by atomic mass is 9.66. The minimum Gasteiger partial charge on any atom is -0.508 e. The fourth-order valence-corrected chi connectivity index (χ4v) is 6.55. The molecule has 0 aromatic heterocycles. The van der Waals surface area contributed by atoms with E-state index in [2.05, 4.69) is 0 Å². The molecule has 230 valence electrons. The molecule has 1 heterocycles. The Morgan fingerprint density at radius 3 is 2.29 bits per heavy atom. The largest absolute Gasteiger partial charge is 0.508 e. The van der Waals surface area contributed by atoms with Crippen LogP contribution in [0.3, 0.4) is 0 Å². The molecule has 2 aliphatic rings. The number of allylic oxidation sites excluding steroid dienone is 2. The number of rotatable bonds is 6. The Hall–Kier alpha value is -5.44. The predicted molar refractivity (Wildman–Crippen MR) is 164 cm³/mol. The van der Waals surface area contributed by atoms with E-state index in [1.807, 2.05) is 13.0 Å². The second-order valence-electron chi connectivity index (χ2n) is 11.7. The molecule has 6 rings (SSSR count). The van der Waals surface area contributed by atoms with Crippen LogP contribution in [0, 0.1) is 5.92 Å². The van der Waals surface area contributed by atoms with E-state index in [1.165, 1.54) is 55.5 Å². The molecule has 0 bridgehead atoms. The summed E-state index contributed by atoms with van der Waals surface area (Å²) >= 11 is 0. The number of Topliss-reactive ketones (excluding diaryl/α,β-unsaturated/α-hetero) is 2. The van der Waals surface area contributed by atoms with Crippen molar-refractivity contribution in [1.29, 1.82) is 0 Å². The molecule has 0 spiro atoms. The summed E-state index contributed by atoms with van der Waals surface area (Å²) in [5.74, 6) is -2.21. The lowest BCUT2D eigenvalue weighted by molar-refractivity contribution is -0.122. The first-order chi connectivity index (χ1) is 21.5. The smallest absolute Gasteiger partial charge is 0.211 e. The molecule has 5 atom stereocenters. The van der Waals surface area contributed by atoms with Gasteiger partial charge in [0.1, 0.15) is 46.0 Å². The molecule has 0 amide bonds. The molecular formula is C36H32O9. The zero-order valence-corrected chi connectivity index (χ0v) is 24.5. The van der Waals surface area contributed by atoms with E-state index in [4.69, 9.17) is 9.47 Å². The van der Waals surface area contributed by atoms with Gasteiger partial charge in [0.2, 0.25) is 11.9 Å². The van der Waals surface area contributed by atoms with Crippen LogP contribution in [0.15, 0.2) is 90.5 Å². The van der Waals surface area contributed by atoms with Crippen LogP contribution in [0.1, 0.15) is 65.3 Å². The number of hydrogen-bond donors (Lipinski definition) is 5. The van der Waals surface area contributed by atoms with E-state index in [-0.39, 0.29) is 63.1 Å². The number of hydrogen-bond acceptors (Lipinski definition) is 9. The Balaban J connectivity index is 1.45. The number of carbonyl (C=O) groups excluding carboxylic acids is 2. The van der Waals surface area contributed by atoms with Crippen molar-refractivity contribution in [2.45, 2.75) is 44.3 Å². The average Bonchev–Trinajstić information content (AvgIpc) is 2.98. The maximum absolute atomic E-state index is 13.8. The van der Waals surface area contributed by atoms with Crippen LogP contribution < -0.4 is 9.47 Å². The van der Waals surface area contributed by atoms with Gasteiger partial charge in [-0.25, -0.2) is 0 Å². The van der Waals surface area contributed by atoms with Crippen molar-refractivity contribution < 1.29 is 44.6 Å². The summed E-state index contributed by atoms with van der Waals surface area (Å²) in [7, 11) is 0. The lowest BCUT2D eigenvalue weighted by Gasteiger charge is -2.37. The van der Waals surface area contributed by atoms with Crippen molar-refractivity contribution in [2.24, 2.45) is 5.92 Å². The quantitative estimate of drug-likeness (QED) is 0.156. The van der Waals surface area contributed by atoms with Gasteiger partial charge in [0.05, 0.1) is 5.56 Å². The van der Waals surface area contributed by atoms with Crippen LogP contribution in [0.2, 0.25) is 0 Å². The Labute approximate surface area is 259 Å². The molecule has 5 N–H and O–H groups in total. The SMILES string of the molecule is CC(=O)C1C(c2ccc(O)c(C3Oc4cc(O)ccc4C(=O)C3Oc3cccc(O)c3)c2)C=C(C)CC1c1ccc(O)cc1O. The van der Waals surface area contributed by atoms with Gasteiger partial charge in [-0.05, 0) is 73.9 Å². The summed E-state index contributed by atoms with van der Waals surface area (Å²) in [6, 6.07) is 19.3. The summed E-state index contributed by atoms with van der Waals surface area (Å²) in [5.41, 5.74) is 2.61. The van der Waals surface area contributed by atoms with Gasteiger partial charge in [-0.1, -0.05) is 29.8 Å². The standard InChI is InChI=1S/C36H32O9/c1-18-12-27(33(19(2)37)28(13-18)25-9-7-22(39)16-31(25)42)20-6-11-30(41)29(14-20)35-36(44-24-5-3-4-21(38)15-24)34(43)26-10-8-23(40)17-32(26)45-35/h3-12,14-17,27-28,33,35-36,38-42H,13H2,1-2H3. The van der Waals surface area contributed by atoms with E-state index in [1.54, 1.807) is 30.3 Å². The maximum Gasteiger partial charge on any atom is 0.211 e. The molecule has 1 aliphatic carbocycles. The number of carbonyl (C=O) groups is 2. The topological polar surface area (TPSA) is 154 Å². The highest BCUT2D eigenvalue weighted by atomic mass is 16.6. The third kappa shape index (κ3) is 5.64. The highest BCUT2D eigenvalue weighted by Gasteiger charge is 2.43. The third-order valence-corrected chi connectivity index (χ3v) is 8.55. The lowest BCUT2D eigenvalue weighted by Crippen LogP contribution is -2.40. The maximum atomic E-state index is 13.8. The molecule has 0 saturated carbocycles. The second kappa shape index (κ2) is 11.6. The predicted octanol–water partition coefficient (Wildman–Crippen LogP) is 6.40. The van der Waals surface area contributed by atoms with Gasteiger partial charge in [-0.2, -0.15) is 0 Å². The number of aromatic hydroxyl groups is 5. The number of fused-ring (bicyclic) bond motifs is 1. The molecule has 1 aliphatic heterocycles. The van der Waals surface area contributed by atoms with Gasteiger partial charge in [0.25, 0.3) is 0 Å². The van der Waals surface area contributed by atoms with Crippen LogP contribution in [-0.4, -0.2) is 43.2 Å². The Bertz CT molecular complexity index is 1840. The van der Waals surface area contributed by atoms with Crippen molar-refractivity contribution in [1.82, 2.24) is 0 Å². The van der Waals surface area contributed by atoms with E-state index in [9.17, 15) is 35.1 Å². The van der Waals surface area contributed by atoms with E-state index in [0.717, 1.165) is 5.57 Å². The molecule has 4 aromatic carbocycles. The summed E-state index contributed by atoms with van der Waals surface area (Å²) in [6.07, 6.45) is 0.0658. The van der Waals surface area contributed by atoms with Gasteiger partial charge in [-0.3, -0.25) is 9.59 Å². The van der Waals surface area contributed by atoms with Crippen LogP contribution in [-0.2, 0) is 4.79 Å². The van der Waals surface area contributed by atoms with Crippen molar-refractivity contribution in [2.75, 3.05) is 0 Å². The molecule has 9 nitrogen and oxygen atoms in total. The van der Waals surface area contributed by atoms with Gasteiger partial charge < -0.3 is 35.0 Å². The second-order valence-corrected chi connectivity index (χ2v) is 11.7. The first-order valence-corrected chi connectivity index (χ1v) is 14.5. The van der Waals surface area contributed by atoms with Gasteiger partial charge in [0.15, 0.2) is 6.10 Å². The summed E-state index contributed by atoms with van der Waals surface area (Å²) < 4.78 is 12.3. The minimum absolute atomic E-state index is 0.0626. The molecular weight excluding hydrogens is 576 g/mol. The molecule has 45 heavy (non-hydrogen) atoms. The van der Waals surface area contributed by atoms with Gasteiger partial charge in [-0.15, -0.1) is 0 Å². The number of benzene rings is 4. The summed E-state index contributed by atoms with van der Waals surface area (Å²) in [5, 5.41) is 51.8. The van der Waals surface area contributed by atoms with Gasteiger partial charge in [0, 0.05) is 41.5 Å². The molecule has 0 saturated heterocycles. The number of ketones is 2. The highest BCUT2D eigenvalue weighted by Crippen LogP contribution is 2.49. The number of phenols is 5. The Morgan fingerprint density at radius 1 is 0.822 bits per heavy atom. The number of ether oxygens (including phenoxy) is 2. The van der Waals surface area contributed by atoms with E-state index in [0.29, 0.717) is 17.5 Å². The summed E-state index contributed by atoms with van der Waals surface area (Å²) in [4.78, 5) is 27.1. The highest BCUT2D eigenvalue weighted by molar-refractivity contribution is 6.03. The van der Waals surface area contributed by atoms with Crippen molar-refractivity contribution in [3.05, 3.63) is 113 Å². The molecule has 5 unspecified atom stereocenters. The average molecular weight is 609 g/mol. The first kappa shape index (κ1) is 29.6.